The van der Waals surface area contributed by atoms with Crippen molar-refractivity contribution in [3.8, 4) is 0 Å². The van der Waals surface area contributed by atoms with Gasteiger partial charge in [0.1, 0.15) is 5.82 Å². The second-order valence-electron chi connectivity index (χ2n) is 5.55. The second kappa shape index (κ2) is 5.00. The van der Waals surface area contributed by atoms with Crippen molar-refractivity contribution in [2.75, 3.05) is 11.9 Å². The molecule has 0 aliphatic heterocycles. The molecule has 2 fully saturated rings. The maximum atomic E-state index is 11.0. The van der Waals surface area contributed by atoms with Crippen LogP contribution in [0.1, 0.15) is 36.2 Å². The van der Waals surface area contributed by atoms with E-state index in [1.165, 1.54) is 25.7 Å². The molecule has 0 aromatic carbocycles. The molecule has 0 amide bonds. The SMILES string of the molecule is O=C(O)c1nc(NCC(C2CC2)C2CC2)ccc1Cl. The number of anilines is 1. The largest absolute Gasteiger partial charge is 0.476 e. The topological polar surface area (TPSA) is 62.2 Å². The van der Waals surface area contributed by atoms with Crippen LogP contribution < -0.4 is 5.32 Å². The first-order chi connectivity index (χ1) is 9.15. The van der Waals surface area contributed by atoms with Crippen molar-refractivity contribution in [1.29, 1.82) is 0 Å². The summed E-state index contributed by atoms with van der Waals surface area (Å²) in [4.78, 5) is 15.0. The molecule has 1 aromatic heterocycles. The molecule has 0 spiro atoms. The van der Waals surface area contributed by atoms with Crippen LogP contribution in [-0.4, -0.2) is 22.6 Å². The van der Waals surface area contributed by atoms with Gasteiger partial charge in [0, 0.05) is 6.54 Å². The van der Waals surface area contributed by atoms with Gasteiger partial charge in [0.2, 0.25) is 0 Å². The van der Waals surface area contributed by atoms with E-state index in [2.05, 4.69) is 10.3 Å². The van der Waals surface area contributed by atoms with Crippen molar-refractivity contribution in [2.45, 2.75) is 25.7 Å². The lowest BCUT2D eigenvalue weighted by Gasteiger charge is -2.16. The van der Waals surface area contributed by atoms with E-state index in [1.807, 2.05) is 0 Å². The van der Waals surface area contributed by atoms with E-state index in [0.29, 0.717) is 5.82 Å². The highest BCUT2D eigenvalue weighted by atomic mass is 35.5. The Kier molecular flexibility index (Phi) is 3.35. The average molecular weight is 281 g/mol. The van der Waals surface area contributed by atoms with Crippen LogP contribution in [0.2, 0.25) is 5.02 Å². The molecule has 0 radical (unpaired) electrons. The Bertz CT molecular complexity index is 486. The number of nitrogens with one attached hydrogen (secondary N) is 1. The summed E-state index contributed by atoms with van der Waals surface area (Å²) in [5, 5.41) is 12.4. The second-order valence-corrected chi connectivity index (χ2v) is 5.96. The normalized spacial score (nSPS) is 18.6. The highest BCUT2D eigenvalue weighted by Gasteiger charge is 2.41. The third-order valence-electron chi connectivity index (χ3n) is 4.02. The molecule has 1 heterocycles. The lowest BCUT2D eigenvalue weighted by Crippen LogP contribution is -2.19. The molecule has 0 bridgehead atoms. The molecular weight excluding hydrogens is 264 g/mol. The van der Waals surface area contributed by atoms with E-state index in [4.69, 9.17) is 16.7 Å². The van der Waals surface area contributed by atoms with Crippen LogP contribution >= 0.6 is 11.6 Å². The summed E-state index contributed by atoms with van der Waals surface area (Å²) >= 11 is 5.80. The zero-order valence-corrected chi connectivity index (χ0v) is 11.4. The molecule has 102 valence electrons. The van der Waals surface area contributed by atoms with E-state index < -0.39 is 5.97 Å². The van der Waals surface area contributed by atoms with Gasteiger partial charge in [-0.25, -0.2) is 9.78 Å². The number of hydrogen-bond donors (Lipinski definition) is 2. The van der Waals surface area contributed by atoms with Gasteiger partial charge in [-0.1, -0.05) is 11.6 Å². The molecule has 2 N–H and O–H groups in total. The number of halogens is 1. The molecule has 0 saturated heterocycles. The molecule has 2 saturated carbocycles. The number of hydrogen-bond acceptors (Lipinski definition) is 3. The number of carboxylic acid groups (broad SMARTS) is 1. The first-order valence-electron chi connectivity index (χ1n) is 6.79. The molecule has 0 atom stereocenters. The average Bonchev–Trinajstić information content (AvgIpc) is 3.25. The van der Waals surface area contributed by atoms with Crippen LogP contribution in [0.3, 0.4) is 0 Å². The fourth-order valence-electron chi connectivity index (χ4n) is 2.68. The minimum atomic E-state index is -1.09. The summed E-state index contributed by atoms with van der Waals surface area (Å²) in [7, 11) is 0. The standard InChI is InChI=1S/C14H17ClN2O2/c15-11-5-6-12(17-13(11)14(18)19)16-7-10(8-1-2-8)9-3-4-9/h5-6,8-10H,1-4,7H2,(H,16,17)(H,18,19). The number of aromatic nitrogens is 1. The van der Waals surface area contributed by atoms with Gasteiger partial charge in [-0.3, -0.25) is 0 Å². The smallest absolute Gasteiger partial charge is 0.356 e. The number of aromatic carboxylic acids is 1. The Morgan fingerprint density at radius 1 is 1.37 bits per heavy atom. The molecule has 2 aliphatic carbocycles. The van der Waals surface area contributed by atoms with Gasteiger partial charge in [-0.2, -0.15) is 0 Å². The maximum Gasteiger partial charge on any atom is 0.356 e. The summed E-state index contributed by atoms with van der Waals surface area (Å²) in [6.45, 7) is 0.892. The Hall–Kier alpha value is -1.29. The Morgan fingerprint density at radius 3 is 2.53 bits per heavy atom. The zero-order valence-electron chi connectivity index (χ0n) is 10.6. The van der Waals surface area contributed by atoms with Crippen molar-refractivity contribution in [3.05, 3.63) is 22.8 Å². The highest BCUT2D eigenvalue weighted by molar-refractivity contribution is 6.33. The van der Waals surface area contributed by atoms with E-state index >= 15 is 0 Å². The van der Waals surface area contributed by atoms with E-state index in [0.717, 1.165) is 24.3 Å². The maximum absolute atomic E-state index is 11.0. The minimum Gasteiger partial charge on any atom is -0.476 e. The molecule has 1 aromatic rings. The van der Waals surface area contributed by atoms with Gasteiger partial charge in [-0.15, -0.1) is 0 Å². The third kappa shape index (κ3) is 3.00. The van der Waals surface area contributed by atoms with E-state index in [9.17, 15) is 4.79 Å². The molecule has 4 nitrogen and oxygen atoms in total. The number of carbonyl (C=O) groups is 1. The predicted molar refractivity (Wildman–Crippen MR) is 73.6 cm³/mol. The molecule has 2 aliphatic rings. The van der Waals surface area contributed by atoms with Crippen molar-refractivity contribution < 1.29 is 9.90 Å². The molecule has 19 heavy (non-hydrogen) atoms. The number of nitrogens with zero attached hydrogens (tertiary/aromatic N) is 1. The summed E-state index contributed by atoms with van der Waals surface area (Å²) in [6, 6.07) is 3.33. The molecule has 5 heteroatoms. The summed E-state index contributed by atoms with van der Waals surface area (Å²) in [5.74, 6) is 1.98. The summed E-state index contributed by atoms with van der Waals surface area (Å²) < 4.78 is 0. The van der Waals surface area contributed by atoms with Crippen molar-refractivity contribution in [3.63, 3.8) is 0 Å². The van der Waals surface area contributed by atoms with E-state index in [1.54, 1.807) is 12.1 Å². The van der Waals surface area contributed by atoms with Crippen LogP contribution in [0.5, 0.6) is 0 Å². The minimum absolute atomic E-state index is 0.0824. The Morgan fingerprint density at radius 2 is 2.00 bits per heavy atom. The van der Waals surface area contributed by atoms with Crippen LogP contribution in [0.25, 0.3) is 0 Å². The molecule has 3 rings (SSSR count). The fraction of sp³-hybridized carbons (Fsp3) is 0.571. The molecular formula is C14H17ClN2O2. The monoisotopic (exact) mass is 280 g/mol. The first-order valence-corrected chi connectivity index (χ1v) is 7.16. The van der Waals surface area contributed by atoms with Crippen LogP contribution in [0.4, 0.5) is 5.82 Å². The Labute approximate surface area is 117 Å². The zero-order chi connectivity index (χ0) is 13.4. The quantitative estimate of drug-likeness (QED) is 0.839. The van der Waals surface area contributed by atoms with Gasteiger partial charge in [0.05, 0.1) is 5.02 Å². The van der Waals surface area contributed by atoms with Crippen LogP contribution in [0, 0.1) is 17.8 Å². The fourth-order valence-corrected chi connectivity index (χ4v) is 2.87. The van der Waals surface area contributed by atoms with Gasteiger partial charge in [0.15, 0.2) is 5.69 Å². The predicted octanol–water partition coefficient (Wildman–Crippen LogP) is 3.28. The van der Waals surface area contributed by atoms with Crippen molar-refractivity contribution in [2.24, 2.45) is 17.8 Å². The number of pyridine rings is 1. The number of carboxylic acids is 1. The summed E-state index contributed by atoms with van der Waals surface area (Å²) in [6.07, 6.45) is 5.38. The number of rotatable bonds is 6. The van der Waals surface area contributed by atoms with Gasteiger partial charge in [-0.05, 0) is 55.6 Å². The van der Waals surface area contributed by atoms with Crippen LogP contribution in [-0.2, 0) is 0 Å². The lowest BCUT2D eigenvalue weighted by molar-refractivity contribution is 0.0691. The first kappa shape index (κ1) is 12.7. The van der Waals surface area contributed by atoms with Crippen LogP contribution in [0.15, 0.2) is 12.1 Å². The highest BCUT2D eigenvalue weighted by Crippen LogP contribution is 2.49. The van der Waals surface area contributed by atoms with Gasteiger partial charge in [0.25, 0.3) is 0 Å². The Balaban J connectivity index is 1.65. The van der Waals surface area contributed by atoms with Crippen molar-refractivity contribution >= 4 is 23.4 Å². The third-order valence-corrected chi connectivity index (χ3v) is 4.33. The summed E-state index contributed by atoms with van der Waals surface area (Å²) in [5.41, 5.74) is -0.0824. The lowest BCUT2D eigenvalue weighted by atomic mass is 9.98. The van der Waals surface area contributed by atoms with Gasteiger partial charge < -0.3 is 10.4 Å². The molecule has 0 unspecified atom stereocenters. The van der Waals surface area contributed by atoms with E-state index in [-0.39, 0.29) is 10.7 Å². The van der Waals surface area contributed by atoms with Gasteiger partial charge >= 0.3 is 5.97 Å². The van der Waals surface area contributed by atoms with Crippen molar-refractivity contribution in [1.82, 2.24) is 4.98 Å².